The van der Waals surface area contributed by atoms with Crippen molar-refractivity contribution in [3.8, 4) is 0 Å². The van der Waals surface area contributed by atoms with Gasteiger partial charge in [-0.05, 0) is 24.6 Å². The monoisotopic (exact) mass is 308 g/mol. The van der Waals surface area contributed by atoms with Crippen LogP contribution in [0, 0.1) is 5.82 Å². The molecule has 118 valence electrons. The maximum atomic E-state index is 12.8. The van der Waals surface area contributed by atoms with E-state index in [0.29, 0.717) is 0 Å². The van der Waals surface area contributed by atoms with Crippen molar-refractivity contribution < 1.29 is 27.5 Å². The summed E-state index contributed by atoms with van der Waals surface area (Å²) in [5, 5.41) is 13.2. The Hall–Kier alpha value is -1.83. The van der Waals surface area contributed by atoms with Crippen LogP contribution in [0.2, 0.25) is 0 Å². The van der Waals surface area contributed by atoms with Crippen molar-refractivity contribution in [2.75, 3.05) is 6.61 Å². The first-order chi connectivity index (χ1) is 9.71. The van der Waals surface area contributed by atoms with Crippen LogP contribution in [-0.2, 0) is 0 Å². The molecule has 0 fully saturated rings. The summed E-state index contributed by atoms with van der Waals surface area (Å²) < 4.78 is 50.5. The maximum Gasteiger partial charge on any atom is 0.391 e. The fraction of sp³-hybridized carbons (Fsp3) is 0.462. The fourth-order valence-corrected chi connectivity index (χ4v) is 1.65. The topological polar surface area (TPSA) is 61.4 Å². The van der Waals surface area contributed by atoms with Gasteiger partial charge in [-0.25, -0.2) is 9.18 Å². The smallest absolute Gasteiger partial charge is 0.391 e. The van der Waals surface area contributed by atoms with E-state index in [2.05, 4.69) is 10.6 Å². The number of nitrogens with one attached hydrogen (secondary N) is 2. The summed E-state index contributed by atoms with van der Waals surface area (Å²) in [5.74, 6) is -0.581. The van der Waals surface area contributed by atoms with Crippen molar-refractivity contribution in [2.24, 2.45) is 0 Å². The van der Waals surface area contributed by atoms with E-state index < -0.39 is 36.5 Å². The lowest BCUT2D eigenvalue weighted by Crippen LogP contribution is -2.44. The molecule has 0 bridgehead atoms. The molecular weight excluding hydrogens is 292 g/mol. The predicted molar refractivity (Wildman–Crippen MR) is 68.0 cm³/mol. The minimum absolute atomic E-state index is 0.139. The first kappa shape index (κ1) is 17.2. The second-order valence-electron chi connectivity index (χ2n) is 4.62. The second-order valence-corrected chi connectivity index (χ2v) is 4.62. The molecule has 0 saturated heterocycles. The van der Waals surface area contributed by atoms with Gasteiger partial charge in [0.25, 0.3) is 0 Å². The number of amides is 2. The number of aliphatic hydroxyl groups excluding tert-OH is 1. The van der Waals surface area contributed by atoms with E-state index in [1.807, 2.05) is 0 Å². The number of benzene rings is 1. The summed E-state index contributed by atoms with van der Waals surface area (Å²) in [6.45, 7) is 1.16. The summed E-state index contributed by atoms with van der Waals surface area (Å²) in [5.41, 5.74) is 0.139. The summed E-state index contributed by atoms with van der Waals surface area (Å²) in [4.78, 5) is 11.6. The fourth-order valence-electron chi connectivity index (χ4n) is 1.65. The number of alkyl halides is 3. The van der Waals surface area contributed by atoms with E-state index >= 15 is 0 Å². The molecule has 1 unspecified atom stereocenters. The highest BCUT2D eigenvalue weighted by Gasteiger charge is 2.33. The van der Waals surface area contributed by atoms with Gasteiger partial charge >= 0.3 is 12.2 Å². The summed E-state index contributed by atoms with van der Waals surface area (Å²) in [6, 6.07) is 1.64. The molecule has 3 N–H and O–H groups in total. The van der Waals surface area contributed by atoms with Crippen LogP contribution in [0.3, 0.4) is 0 Å². The van der Waals surface area contributed by atoms with Crippen LogP contribution in [0.15, 0.2) is 24.3 Å². The molecule has 1 aromatic rings. The molecule has 1 rings (SSSR count). The third-order valence-electron chi connectivity index (χ3n) is 2.66. The molecule has 21 heavy (non-hydrogen) atoms. The Morgan fingerprint density at radius 3 is 2.29 bits per heavy atom. The Bertz CT molecular complexity index is 462. The van der Waals surface area contributed by atoms with Crippen molar-refractivity contribution in [1.82, 2.24) is 10.6 Å². The van der Waals surface area contributed by atoms with Gasteiger partial charge in [0.2, 0.25) is 0 Å². The number of urea groups is 1. The van der Waals surface area contributed by atoms with Crippen LogP contribution < -0.4 is 10.6 Å². The van der Waals surface area contributed by atoms with E-state index in [0.717, 1.165) is 12.1 Å². The average molecular weight is 308 g/mol. The zero-order valence-electron chi connectivity index (χ0n) is 11.2. The van der Waals surface area contributed by atoms with Crippen molar-refractivity contribution >= 4 is 6.03 Å². The normalized spacial score (nSPS) is 14.4. The SMILES string of the molecule is C[C@@H](CO)NC(=O)NC(CC(F)(F)F)c1ccc(F)cc1. The maximum absolute atomic E-state index is 12.8. The van der Waals surface area contributed by atoms with Crippen molar-refractivity contribution in [2.45, 2.75) is 31.6 Å². The number of aliphatic hydroxyl groups is 1. The average Bonchev–Trinajstić information content (AvgIpc) is 2.37. The van der Waals surface area contributed by atoms with Crippen molar-refractivity contribution in [3.05, 3.63) is 35.6 Å². The molecule has 2 atom stereocenters. The molecule has 2 amide bonds. The number of hydrogen-bond acceptors (Lipinski definition) is 2. The Labute approximate surface area is 119 Å². The molecule has 0 aliphatic rings. The van der Waals surface area contributed by atoms with Gasteiger partial charge in [-0.2, -0.15) is 13.2 Å². The Balaban J connectivity index is 2.82. The van der Waals surface area contributed by atoms with E-state index in [-0.39, 0.29) is 12.2 Å². The number of carbonyl (C=O) groups is 1. The summed E-state index contributed by atoms with van der Waals surface area (Å²) in [6.07, 6.45) is -5.77. The first-order valence-electron chi connectivity index (χ1n) is 6.21. The first-order valence-corrected chi connectivity index (χ1v) is 6.21. The van der Waals surface area contributed by atoms with Gasteiger partial charge in [0.15, 0.2) is 0 Å². The van der Waals surface area contributed by atoms with Gasteiger partial charge in [-0.1, -0.05) is 12.1 Å². The molecule has 4 nitrogen and oxygen atoms in total. The quantitative estimate of drug-likeness (QED) is 0.732. The number of halogens is 4. The summed E-state index contributed by atoms with van der Waals surface area (Å²) >= 11 is 0. The Morgan fingerprint density at radius 2 is 1.81 bits per heavy atom. The second kappa shape index (κ2) is 7.26. The lowest BCUT2D eigenvalue weighted by atomic mass is 10.0. The van der Waals surface area contributed by atoms with Gasteiger partial charge in [-0.15, -0.1) is 0 Å². The molecule has 0 aromatic heterocycles. The lowest BCUT2D eigenvalue weighted by molar-refractivity contribution is -0.139. The molecule has 0 aliphatic carbocycles. The molecule has 0 aliphatic heterocycles. The van der Waals surface area contributed by atoms with Crippen LogP contribution in [0.5, 0.6) is 0 Å². The third-order valence-corrected chi connectivity index (χ3v) is 2.66. The van der Waals surface area contributed by atoms with Crippen molar-refractivity contribution in [1.29, 1.82) is 0 Å². The van der Waals surface area contributed by atoms with Gasteiger partial charge in [-0.3, -0.25) is 0 Å². The molecule has 0 heterocycles. The highest BCUT2D eigenvalue weighted by Crippen LogP contribution is 2.29. The number of carbonyl (C=O) groups excluding carboxylic acids is 1. The highest BCUT2D eigenvalue weighted by atomic mass is 19.4. The van der Waals surface area contributed by atoms with Crippen LogP contribution >= 0.6 is 0 Å². The molecule has 0 radical (unpaired) electrons. The zero-order chi connectivity index (χ0) is 16.0. The van der Waals surface area contributed by atoms with Crippen molar-refractivity contribution in [3.63, 3.8) is 0 Å². The van der Waals surface area contributed by atoms with E-state index in [1.165, 1.54) is 19.1 Å². The van der Waals surface area contributed by atoms with Crippen LogP contribution in [0.25, 0.3) is 0 Å². The van der Waals surface area contributed by atoms with Gasteiger partial charge < -0.3 is 15.7 Å². The molecule has 8 heteroatoms. The van der Waals surface area contributed by atoms with Gasteiger partial charge in [0, 0.05) is 0 Å². The number of rotatable bonds is 5. The van der Waals surface area contributed by atoms with E-state index in [9.17, 15) is 22.4 Å². The molecule has 0 spiro atoms. The van der Waals surface area contributed by atoms with E-state index in [1.54, 1.807) is 0 Å². The van der Waals surface area contributed by atoms with Crippen LogP contribution in [0.1, 0.15) is 24.9 Å². The van der Waals surface area contributed by atoms with Crippen LogP contribution in [0.4, 0.5) is 22.4 Å². The van der Waals surface area contributed by atoms with E-state index in [4.69, 9.17) is 5.11 Å². The largest absolute Gasteiger partial charge is 0.394 e. The Morgan fingerprint density at radius 1 is 1.24 bits per heavy atom. The molecular formula is C13H16F4N2O2. The minimum Gasteiger partial charge on any atom is -0.394 e. The summed E-state index contributed by atoms with van der Waals surface area (Å²) in [7, 11) is 0. The van der Waals surface area contributed by atoms with Crippen LogP contribution in [-0.4, -0.2) is 30.0 Å². The number of hydrogen-bond donors (Lipinski definition) is 3. The standard InChI is InChI=1S/C13H16F4N2O2/c1-8(7-20)18-12(21)19-11(6-13(15,16)17)9-2-4-10(14)5-3-9/h2-5,8,11,20H,6-7H2,1H3,(H2,18,19,21)/t8-,11?/m0/s1. The highest BCUT2D eigenvalue weighted by molar-refractivity contribution is 5.74. The lowest BCUT2D eigenvalue weighted by Gasteiger charge is -2.22. The third kappa shape index (κ3) is 6.44. The van der Waals surface area contributed by atoms with Gasteiger partial charge in [0.05, 0.1) is 25.1 Å². The minimum atomic E-state index is -4.49. The predicted octanol–water partition coefficient (Wildman–Crippen LogP) is 2.50. The molecule has 0 saturated carbocycles. The molecule has 1 aromatic carbocycles. The zero-order valence-corrected chi connectivity index (χ0v) is 11.2. The Kier molecular flexibility index (Phi) is 5.95. The van der Waals surface area contributed by atoms with Gasteiger partial charge in [0.1, 0.15) is 5.82 Å².